The van der Waals surface area contributed by atoms with Crippen LogP contribution in [0.3, 0.4) is 0 Å². The molecule has 8 heteroatoms. The number of morpholine rings is 1. The molecule has 0 spiro atoms. The third-order valence-electron chi connectivity index (χ3n) is 7.91. The fraction of sp³-hybridized carbons (Fsp3) is 0.441. The molecule has 0 amide bonds. The van der Waals surface area contributed by atoms with Crippen LogP contribution in [-0.4, -0.2) is 61.9 Å². The van der Waals surface area contributed by atoms with Gasteiger partial charge in [-0.15, -0.1) is 0 Å². The van der Waals surface area contributed by atoms with Gasteiger partial charge >= 0.3 is 0 Å². The van der Waals surface area contributed by atoms with Crippen molar-refractivity contribution in [3.05, 3.63) is 107 Å². The Morgan fingerprint density at radius 2 is 1.52 bits per heavy atom. The predicted octanol–water partition coefficient (Wildman–Crippen LogP) is 5.59. The number of halogens is 1. The van der Waals surface area contributed by atoms with Crippen LogP contribution in [0.4, 0.5) is 4.39 Å². The van der Waals surface area contributed by atoms with E-state index >= 15 is 0 Å². The summed E-state index contributed by atoms with van der Waals surface area (Å²) in [7, 11) is 0. The molecule has 3 aromatic rings. The van der Waals surface area contributed by atoms with E-state index in [-0.39, 0.29) is 12.2 Å². The maximum absolute atomic E-state index is 14.1. The fourth-order valence-corrected chi connectivity index (χ4v) is 5.72. The van der Waals surface area contributed by atoms with E-state index in [1.807, 2.05) is 74.5 Å². The minimum atomic E-state index is -1.12. The summed E-state index contributed by atoms with van der Waals surface area (Å²) in [6.07, 6.45) is -1.31. The molecule has 4 atom stereocenters. The van der Waals surface area contributed by atoms with Gasteiger partial charge in [-0.25, -0.2) is 4.39 Å². The Morgan fingerprint density at radius 1 is 0.929 bits per heavy atom. The van der Waals surface area contributed by atoms with E-state index in [9.17, 15) is 9.65 Å². The molecule has 222 valence electrons. The van der Waals surface area contributed by atoms with Gasteiger partial charge in [-0.3, -0.25) is 4.90 Å². The Balaban J connectivity index is 1.53. The number of hydrogen-bond donors (Lipinski definition) is 0. The third kappa shape index (κ3) is 7.42. The van der Waals surface area contributed by atoms with Crippen LogP contribution in [0.1, 0.15) is 37.0 Å². The first-order valence-electron chi connectivity index (χ1n) is 14.5. The van der Waals surface area contributed by atoms with Crippen LogP contribution in [0, 0.1) is 17.1 Å². The summed E-state index contributed by atoms with van der Waals surface area (Å²) in [6.45, 7) is 6.87. The maximum atomic E-state index is 14.1. The van der Waals surface area contributed by atoms with Crippen molar-refractivity contribution in [2.45, 2.75) is 63.1 Å². The number of ether oxygens (including phenoxy) is 5. The predicted molar refractivity (Wildman–Crippen MR) is 156 cm³/mol. The smallest absolute Gasteiger partial charge is 0.163 e. The van der Waals surface area contributed by atoms with Crippen molar-refractivity contribution >= 4 is 0 Å². The first-order chi connectivity index (χ1) is 20.4. The van der Waals surface area contributed by atoms with Crippen LogP contribution >= 0.6 is 0 Å². The van der Waals surface area contributed by atoms with Crippen molar-refractivity contribution in [2.24, 2.45) is 0 Å². The first-order valence-corrected chi connectivity index (χ1v) is 14.5. The van der Waals surface area contributed by atoms with Crippen LogP contribution in [0.2, 0.25) is 0 Å². The second-order valence-electron chi connectivity index (χ2n) is 11.2. The molecule has 0 aromatic heterocycles. The zero-order valence-corrected chi connectivity index (χ0v) is 24.3. The largest absolute Gasteiger partial charge is 0.379 e. The summed E-state index contributed by atoms with van der Waals surface area (Å²) < 4.78 is 45.4. The molecule has 2 fully saturated rings. The summed E-state index contributed by atoms with van der Waals surface area (Å²) in [4.78, 5) is 2.12. The van der Waals surface area contributed by atoms with Crippen molar-refractivity contribution in [1.29, 1.82) is 5.26 Å². The number of nitriles is 1. The normalized spacial score (nSPS) is 21.7. The third-order valence-corrected chi connectivity index (χ3v) is 7.91. The molecule has 2 saturated heterocycles. The van der Waals surface area contributed by atoms with Crippen LogP contribution in [0.25, 0.3) is 0 Å². The number of rotatable bonds is 12. The lowest BCUT2D eigenvalue weighted by atomic mass is 9.81. The number of benzene rings is 3. The van der Waals surface area contributed by atoms with Crippen molar-refractivity contribution < 1.29 is 28.1 Å². The fourth-order valence-electron chi connectivity index (χ4n) is 5.72. The maximum Gasteiger partial charge on any atom is 0.163 e. The van der Waals surface area contributed by atoms with E-state index < -0.39 is 29.6 Å². The Bertz CT molecular complexity index is 1300. The van der Waals surface area contributed by atoms with Gasteiger partial charge in [0.15, 0.2) is 5.79 Å². The molecule has 3 aromatic carbocycles. The molecular weight excluding hydrogens is 535 g/mol. The summed E-state index contributed by atoms with van der Waals surface area (Å²) in [5, 5.41) is 10.9. The van der Waals surface area contributed by atoms with E-state index in [0.29, 0.717) is 51.7 Å². The van der Waals surface area contributed by atoms with Gasteiger partial charge in [0.1, 0.15) is 23.6 Å². The molecule has 2 aliphatic heterocycles. The molecule has 42 heavy (non-hydrogen) atoms. The molecule has 0 N–H and O–H groups in total. The highest BCUT2D eigenvalue weighted by molar-refractivity contribution is 5.33. The molecule has 0 aliphatic carbocycles. The van der Waals surface area contributed by atoms with Gasteiger partial charge in [0.05, 0.1) is 45.2 Å². The summed E-state index contributed by atoms with van der Waals surface area (Å²) in [6, 6.07) is 28.7. The summed E-state index contributed by atoms with van der Waals surface area (Å²) in [5.74, 6) is -1.14. The van der Waals surface area contributed by atoms with Gasteiger partial charge in [0.2, 0.25) is 0 Å². The lowest BCUT2D eigenvalue weighted by Gasteiger charge is -2.44. The zero-order chi connectivity index (χ0) is 29.4. The average molecular weight is 575 g/mol. The average Bonchev–Trinajstić information content (AvgIpc) is 3.39. The standard InChI is InChI=1S/C34H39FN2O5/c1-33(2)41-24-31(42-33)32(40-23-27-11-7-4-8-12-27)30(39-22-26-9-5-3-6-10-26)21-34(25-36,37-17-19-38-20-18-37)28-13-15-29(35)16-14-28/h3-16,30-32H,17-24H2,1-2H3/t30-,31-,32+,34+/m1/s1. The molecule has 5 rings (SSSR count). The monoisotopic (exact) mass is 574 g/mol. The van der Waals surface area contributed by atoms with E-state index in [4.69, 9.17) is 23.7 Å². The Hall–Kier alpha value is -3.16. The second kappa shape index (κ2) is 13.9. The number of hydrogen-bond acceptors (Lipinski definition) is 7. The lowest BCUT2D eigenvalue weighted by molar-refractivity contribution is -0.184. The zero-order valence-electron chi connectivity index (χ0n) is 24.3. The highest BCUT2D eigenvalue weighted by Gasteiger charge is 2.48. The van der Waals surface area contributed by atoms with Gasteiger partial charge in [0.25, 0.3) is 0 Å². The lowest BCUT2D eigenvalue weighted by Crippen LogP contribution is -2.55. The Labute approximate surface area is 247 Å². The quantitative estimate of drug-likeness (QED) is 0.279. The molecule has 7 nitrogen and oxygen atoms in total. The molecule has 0 unspecified atom stereocenters. The highest BCUT2D eigenvalue weighted by atomic mass is 19.1. The summed E-state index contributed by atoms with van der Waals surface area (Å²) >= 11 is 0. The van der Waals surface area contributed by atoms with Crippen molar-refractivity contribution in [3.63, 3.8) is 0 Å². The minimum Gasteiger partial charge on any atom is -0.379 e. The van der Waals surface area contributed by atoms with Gasteiger partial charge in [-0.05, 0) is 42.7 Å². The van der Waals surface area contributed by atoms with E-state index in [1.165, 1.54) is 12.1 Å². The van der Waals surface area contributed by atoms with Crippen molar-refractivity contribution in [2.75, 3.05) is 32.9 Å². The summed E-state index contributed by atoms with van der Waals surface area (Å²) in [5.41, 5.74) is 1.60. The number of nitrogens with zero attached hydrogens (tertiary/aromatic N) is 2. The SMILES string of the molecule is CC1(C)OC[C@H]([C@@H](OCc2ccccc2)[C@@H](C[C@](C#N)(c2ccc(F)cc2)N2CCOCC2)OCc2ccccc2)O1. The minimum absolute atomic E-state index is 0.266. The molecular formula is C34H39FN2O5. The first kappa shape index (κ1) is 30.3. The van der Waals surface area contributed by atoms with Crippen molar-refractivity contribution in [1.82, 2.24) is 4.90 Å². The molecule has 0 saturated carbocycles. The molecule has 0 radical (unpaired) electrons. The Morgan fingerprint density at radius 3 is 2.07 bits per heavy atom. The van der Waals surface area contributed by atoms with Gasteiger partial charge in [0, 0.05) is 19.5 Å². The molecule has 0 bridgehead atoms. The topological polar surface area (TPSA) is 73.2 Å². The van der Waals surface area contributed by atoms with Gasteiger partial charge in [-0.1, -0.05) is 72.8 Å². The van der Waals surface area contributed by atoms with Crippen LogP contribution in [-0.2, 0) is 42.4 Å². The highest BCUT2D eigenvalue weighted by Crippen LogP contribution is 2.38. The van der Waals surface area contributed by atoms with Crippen LogP contribution in [0.5, 0.6) is 0 Å². The van der Waals surface area contributed by atoms with Crippen LogP contribution < -0.4 is 0 Å². The Kier molecular flexibility index (Phi) is 10.0. The van der Waals surface area contributed by atoms with Crippen molar-refractivity contribution in [3.8, 4) is 6.07 Å². The second-order valence-corrected chi connectivity index (χ2v) is 11.2. The van der Waals surface area contributed by atoms with Crippen LogP contribution in [0.15, 0.2) is 84.9 Å². The van der Waals surface area contributed by atoms with Gasteiger partial charge in [-0.2, -0.15) is 5.26 Å². The molecule has 2 aliphatic rings. The molecule has 2 heterocycles. The van der Waals surface area contributed by atoms with E-state index in [1.54, 1.807) is 12.1 Å². The van der Waals surface area contributed by atoms with Gasteiger partial charge < -0.3 is 23.7 Å². The van der Waals surface area contributed by atoms with E-state index in [0.717, 1.165) is 11.1 Å². The van der Waals surface area contributed by atoms with E-state index in [2.05, 4.69) is 11.0 Å².